The Balaban J connectivity index is 2.16. The maximum Gasteiger partial charge on any atom is 0.123 e. The summed E-state index contributed by atoms with van der Waals surface area (Å²) in [6.45, 7) is 5.31. The molecule has 0 radical (unpaired) electrons. The molecule has 1 fully saturated rings. The molecule has 0 spiro atoms. The first-order valence-electron chi connectivity index (χ1n) is 7.62. The molecular formula is C17H27NO. The van der Waals surface area contributed by atoms with Gasteiger partial charge >= 0.3 is 0 Å². The maximum atomic E-state index is 5.58. The van der Waals surface area contributed by atoms with Crippen LogP contribution in [0, 0.1) is 12.8 Å². The van der Waals surface area contributed by atoms with E-state index >= 15 is 0 Å². The van der Waals surface area contributed by atoms with Crippen molar-refractivity contribution in [3.63, 3.8) is 0 Å². The lowest BCUT2D eigenvalue weighted by molar-refractivity contribution is 0.370. The summed E-state index contributed by atoms with van der Waals surface area (Å²) in [5.74, 6) is 1.92. The molecule has 0 heterocycles. The summed E-state index contributed by atoms with van der Waals surface area (Å²) in [5.41, 5.74) is 2.58. The van der Waals surface area contributed by atoms with Crippen LogP contribution in [0.25, 0.3) is 0 Å². The molecule has 2 nitrogen and oxygen atoms in total. The monoisotopic (exact) mass is 261 g/mol. The molecule has 2 rings (SSSR count). The number of aryl methyl sites for hydroxylation is 1. The van der Waals surface area contributed by atoms with Gasteiger partial charge in [0.25, 0.3) is 0 Å². The van der Waals surface area contributed by atoms with Crippen LogP contribution in [0.15, 0.2) is 18.2 Å². The molecule has 1 aliphatic carbocycles. The molecular weight excluding hydrogens is 234 g/mol. The van der Waals surface area contributed by atoms with Gasteiger partial charge in [-0.25, -0.2) is 0 Å². The predicted molar refractivity (Wildman–Crippen MR) is 80.7 cm³/mol. The van der Waals surface area contributed by atoms with Crippen LogP contribution in [0.1, 0.15) is 56.2 Å². The molecule has 0 aromatic heterocycles. The highest BCUT2D eigenvalue weighted by atomic mass is 16.5. The minimum atomic E-state index is 0.434. The van der Waals surface area contributed by atoms with Crippen molar-refractivity contribution < 1.29 is 4.74 Å². The summed E-state index contributed by atoms with van der Waals surface area (Å²) in [7, 11) is 1.77. The van der Waals surface area contributed by atoms with Crippen LogP contribution in [0.4, 0.5) is 0 Å². The lowest BCUT2D eigenvalue weighted by atomic mass is 9.92. The molecule has 19 heavy (non-hydrogen) atoms. The molecule has 1 aliphatic rings. The van der Waals surface area contributed by atoms with Crippen LogP contribution < -0.4 is 10.1 Å². The molecule has 1 N–H and O–H groups in total. The average Bonchev–Trinajstić information content (AvgIpc) is 2.91. The van der Waals surface area contributed by atoms with E-state index in [0.29, 0.717) is 6.04 Å². The van der Waals surface area contributed by atoms with Gasteiger partial charge in [0.15, 0.2) is 0 Å². The summed E-state index contributed by atoms with van der Waals surface area (Å²) in [5, 5.41) is 3.64. The van der Waals surface area contributed by atoms with Crippen molar-refractivity contribution in [3.8, 4) is 5.75 Å². The zero-order chi connectivity index (χ0) is 13.7. The fourth-order valence-corrected chi connectivity index (χ4v) is 3.25. The summed E-state index contributed by atoms with van der Waals surface area (Å²) in [4.78, 5) is 0. The number of hydrogen-bond donors (Lipinski definition) is 1. The fourth-order valence-electron chi connectivity index (χ4n) is 3.25. The average molecular weight is 261 g/mol. The third-order valence-corrected chi connectivity index (χ3v) is 4.26. The Morgan fingerprint density at radius 3 is 2.68 bits per heavy atom. The Bertz CT molecular complexity index is 396. The molecule has 0 saturated heterocycles. The van der Waals surface area contributed by atoms with E-state index < -0.39 is 0 Å². The van der Waals surface area contributed by atoms with E-state index in [0.717, 1.165) is 18.2 Å². The molecule has 1 atom stereocenters. The molecule has 0 aliphatic heterocycles. The minimum absolute atomic E-state index is 0.434. The van der Waals surface area contributed by atoms with Crippen LogP contribution in [-0.2, 0) is 0 Å². The zero-order valence-electron chi connectivity index (χ0n) is 12.5. The second-order valence-electron chi connectivity index (χ2n) is 5.74. The molecule has 0 bridgehead atoms. The van der Waals surface area contributed by atoms with Gasteiger partial charge in [0, 0.05) is 11.6 Å². The second-order valence-corrected chi connectivity index (χ2v) is 5.74. The van der Waals surface area contributed by atoms with E-state index in [9.17, 15) is 0 Å². The van der Waals surface area contributed by atoms with Crippen LogP contribution in [0.5, 0.6) is 5.75 Å². The topological polar surface area (TPSA) is 21.3 Å². The lowest BCUT2D eigenvalue weighted by Crippen LogP contribution is -2.23. The van der Waals surface area contributed by atoms with Crippen LogP contribution >= 0.6 is 0 Å². The minimum Gasteiger partial charge on any atom is -0.496 e. The van der Waals surface area contributed by atoms with Gasteiger partial charge < -0.3 is 10.1 Å². The van der Waals surface area contributed by atoms with Gasteiger partial charge in [-0.05, 0) is 37.4 Å². The SMILES string of the molecule is CCNC(CC1CCCC1)c1ccc(C)cc1OC. The van der Waals surface area contributed by atoms with Gasteiger partial charge in [-0.15, -0.1) is 0 Å². The second kappa shape index (κ2) is 6.95. The first kappa shape index (κ1) is 14.4. The number of ether oxygens (including phenoxy) is 1. The standard InChI is InChI=1S/C17H27NO/c1-4-18-16(12-14-7-5-6-8-14)15-10-9-13(2)11-17(15)19-3/h9-11,14,16,18H,4-8,12H2,1-3H3. The Labute approximate surface area is 117 Å². The van der Waals surface area contributed by atoms with E-state index in [2.05, 4.69) is 37.4 Å². The fraction of sp³-hybridized carbons (Fsp3) is 0.647. The van der Waals surface area contributed by atoms with Crippen molar-refractivity contribution in [1.82, 2.24) is 5.32 Å². The van der Waals surface area contributed by atoms with Crippen LogP contribution in [-0.4, -0.2) is 13.7 Å². The summed E-state index contributed by atoms with van der Waals surface area (Å²) >= 11 is 0. The van der Waals surface area contributed by atoms with Gasteiger partial charge in [-0.1, -0.05) is 44.7 Å². The number of hydrogen-bond acceptors (Lipinski definition) is 2. The largest absolute Gasteiger partial charge is 0.496 e. The molecule has 1 aromatic carbocycles. The normalized spacial score (nSPS) is 17.6. The highest BCUT2D eigenvalue weighted by molar-refractivity contribution is 5.39. The van der Waals surface area contributed by atoms with Crippen molar-refractivity contribution in [2.75, 3.05) is 13.7 Å². The quantitative estimate of drug-likeness (QED) is 0.827. The number of nitrogens with one attached hydrogen (secondary N) is 1. The van der Waals surface area contributed by atoms with Crippen molar-refractivity contribution >= 4 is 0 Å². The molecule has 1 unspecified atom stereocenters. The highest BCUT2D eigenvalue weighted by Crippen LogP contribution is 2.36. The Hall–Kier alpha value is -1.02. The number of methoxy groups -OCH3 is 1. The summed E-state index contributed by atoms with van der Waals surface area (Å²) in [6.07, 6.45) is 6.86. The molecule has 1 aromatic rings. The van der Waals surface area contributed by atoms with Crippen LogP contribution in [0.2, 0.25) is 0 Å². The molecule has 0 amide bonds. The summed E-state index contributed by atoms with van der Waals surface area (Å²) < 4.78 is 5.58. The number of rotatable bonds is 6. The molecule has 106 valence electrons. The van der Waals surface area contributed by atoms with E-state index in [1.165, 1.54) is 43.2 Å². The first-order valence-corrected chi connectivity index (χ1v) is 7.62. The van der Waals surface area contributed by atoms with Gasteiger partial charge in [-0.3, -0.25) is 0 Å². The third-order valence-electron chi connectivity index (χ3n) is 4.26. The van der Waals surface area contributed by atoms with E-state index in [1.807, 2.05) is 0 Å². The zero-order valence-corrected chi connectivity index (χ0v) is 12.5. The lowest BCUT2D eigenvalue weighted by Gasteiger charge is -2.24. The van der Waals surface area contributed by atoms with Crippen molar-refractivity contribution in [2.45, 2.75) is 52.0 Å². The van der Waals surface area contributed by atoms with Crippen molar-refractivity contribution in [2.24, 2.45) is 5.92 Å². The maximum absolute atomic E-state index is 5.58. The highest BCUT2D eigenvalue weighted by Gasteiger charge is 2.22. The van der Waals surface area contributed by atoms with E-state index in [1.54, 1.807) is 7.11 Å². The predicted octanol–water partition coefficient (Wildman–Crippen LogP) is 4.23. The summed E-state index contributed by atoms with van der Waals surface area (Å²) in [6, 6.07) is 7.00. The van der Waals surface area contributed by atoms with Crippen molar-refractivity contribution in [1.29, 1.82) is 0 Å². The number of benzene rings is 1. The Kier molecular flexibility index (Phi) is 5.26. The smallest absolute Gasteiger partial charge is 0.123 e. The Morgan fingerprint density at radius 2 is 2.05 bits per heavy atom. The first-order chi connectivity index (χ1) is 9.24. The van der Waals surface area contributed by atoms with E-state index in [4.69, 9.17) is 4.74 Å². The van der Waals surface area contributed by atoms with Crippen LogP contribution in [0.3, 0.4) is 0 Å². The van der Waals surface area contributed by atoms with E-state index in [-0.39, 0.29) is 0 Å². The van der Waals surface area contributed by atoms with Gasteiger partial charge in [-0.2, -0.15) is 0 Å². The molecule has 1 saturated carbocycles. The van der Waals surface area contributed by atoms with Gasteiger partial charge in [0.1, 0.15) is 5.75 Å². The Morgan fingerprint density at radius 1 is 1.32 bits per heavy atom. The third kappa shape index (κ3) is 3.73. The molecule has 2 heteroatoms. The van der Waals surface area contributed by atoms with Gasteiger partial charge in [0.05, 0.1) is 7.11 Å². The van der Waals surface area contributed by atoms with Crippen molar-refractivity contribution in [3.05, 3.63) is 29.3 Å². The van der Waals surface area contributed by atoms with Gasteiger partial charge in [0.2, 0.25) is 0 Å².